The fraction of sp³-hybridized carbons (Fsp3) is 0.286. The van der Waals surface area contributed by atoms with Gasteiger partial charge < -0.3 is 15.1 Å². The van der Waals surface area contributed by atoms with Gasteiger partial charge in [0.25, 0.3) is 0 Å². The Balaban J connectivity index is 2.25. The number of anilines is 1. The largest absolute Gasteiger partial charge is 0.464 e. The topological polar surface area (TPSA) is 42.4 Å². The third-order valence-electron chi connectivity index (χ3n) is 3.01. The van der Waals surface area contributed by atoms with Crippen LogP contribution in [0.5, 0.6) is 0 Å². The second-order valence-corrected chi connectivity index (χ2v) is 4.29. The van der Waals surface area contributed by atoms with Crippen molar-refractivity contribution < 1.29 is 8.81 Å². The number of nitrogens with two attached hydrogens (primary N) is 1. The Morgan fingerprint density at radius 3 is 2.39 bits per heavy atom. The van der Waals surface area contributed by atoms with Crippen LogP contribution >= 0.6 is 0 Å². The van der Waals surface area contributed by atoms with E-state index in [-0.39, 0.29) is 11.9 Å². The Bertz CT molecular complexity index is 507. The van der Waals surface area contributed by atoms with Gasteiger partial charge in [0.1, 0.15) is 17.3 Å². The predicted octanol–water partition coefficient (Wildman–Crippen LogP) is 2.86. The molecule has 0 spiro atoms. The lowest BCUT2D eigenvalue weighted by Crippen LogP contribution is -2.30. The molecule has 1 heterocycles. The van der Waals surface area contributed by atoms with Crippen LogP contribution in [0.3, 0.4) is 0 Å². The molecule has 1 aromatic heterocycles. The van der Waals surface area contributed by atoms with Crippen LogP contribution in [-0.2, 0) is 0 Å². The van der Waals surface area contributed by atoms with E-state index in [2.05, 4.69) is 0 Å². The maximum Gasteiger partial charge on any atom is 0.127 e. The van der Waals surface area contributed by atoms with Crippen molar-refractivity contribution in [3.8, 4) is 0 Å². The zero-order valence-corrected chi connectivity index (χ0v) is 10.6. The van der Waals surface area contributed by atoms with Crippen molar-refractivity contribution in [2.45, 2.75) is 13.0 Å². The Hall–Kier alpha value is -1.81. The van der Waals surface area contributed by atoms with Gasteiger partial charge in [-0.05, 0) is 43.3 Å². The van der Waals surface area contributed by atoms with E-state index in [1.807, 2.05) is 31.0 Å². The molecule has 0 amide bonds. The summed E-state index contributed by atoms with van der Waals surface area (Å²) in [6, 6.07) is 10.1. The van der Waals surface area contributed by atoms with E-state index in [0.717, 1.165) is 17.2 Å². The number of furan rings is 1. The summed E-state index contributed by atoms with van der Waals surface area (Å²) in [5.41, 5.74) is 6.71. The number of rotatable bonds is 4. The quantitative estimate of drug-likeness (QED) is 0.904. The van der Waals surface area contributed by atoms with E-state index >= 15 is 0 Å². The van der Waals surface area contributed by atoms with E-state index < -0.39 is 0 Å². The highest BCUT2D eigenvalue weighted by Crippen LogP contribution is 2.26. The average Bonchev–Trinajstić information content (AvgIpc) is 2.77. The van der Waals surface area contributed by atoms with Crippen LogP contribution < -0.4 is 10.6 Å². The van der Waals surface area contributed by atoms with E-state index in [9.17, 15) is 4.39 Å². The Labute approximate surface area is 106 Å². The van der Waals surface area contributed by atoms with Crippen LogP contribution in [0, 0.1) is 12.7 Å². The molecule has 2 rings (SSSR count). The van der Waals surface area contributed by atoms with Crippen LogP contribution in [0.15, 0.2) is 40.8 Å². The first-order chi connectivity index (χ1) is 8.61. The first kappa shape index (κ1) is 12.6. The van der Waals surface area contributed by atoms with Crippen LogP contribution in [0.1, 0.15) is 17.6 Å². The molecular formula is C14H17FN2O. The van der Waals surface area contributed by atoms with Crippen molar-refractivity contribution in [1.29, 1.82) is 0 Å². The third-order valence-corrected chi connectivity index (χ3v) is 3.01. The Kier molecular flexibility index (Phi) is 3.67. The summed E-state index contributed by atoms with van der Waals surface area (Å²) < 4.78 is 18.5. The highest BCUT2D eigenvalue weighted by atomic mass is 19.1. The van der Waals surface area contributed by atoms with Crippen molar-refractivity contribution >= 4 is 5.69 Å². The molecule has 2 N–H and O–H groups in total. The maximum atomic E-state index is 12.9. The van der Waals surface area contributed by atoms with Gasteiger partial charge in [0.15, 0.2) is 0 Å². The van der Waals surface area contributed by atoms with E-state index in [1.54, 1.807) is 12.1 Å². The standard InChI is InChI=1S/C14H17FN2O/c1-10-3-8-14(18-10)13(9-16)17(2)12-6-4-11(15)5-7-12/h3-8,13H,9,16H2,1-2H3. The van der Waals surface area contributed by atoms with Crippen molar-refractivity contribution in [3.05, 3.63) is 53.7 Å². The second kappa shape index (κ2) is 5.23. The molecule has 2 aromatic rings. The summed E-state index contributed by atoms with van der Waals surface area (Å²) in [6.45, 7) is 2.33. The lowest BCUT2D eigenvalue weighted by molar-refractivity contribution is 0.441. The minimum atomic E-state index is -0.245. The molecular weight excluding hydrogens is 231 g/mol. The molecule has 3 nitrogen and oxygen atoms in total. The monoisotopic (exact) mass is 248 g/mol. The number of hydrogen-bond donors (Lipinski definition) is 1. The molecule has 0 aliphatic heterocycles. The molecule has 0 aliphatic rings. The summed E-state index contributed by atoms with van der Waals surface area (Å²) in [6.07, 6.45) is 0. The summed E-state index contributed by atoms with van der Waals surface area (Å²) in [5.74, 6) is 1.43. The number of hydrogen-bond acceptors (Lipinski definition) is 3. The van der Waals surface area contributed by atoms with Crippen LogP contribution in [0.25, 0.3) is 0 Å². The van der Waals surface area contributed by atoms with Crippen molar-refractivity contribution in [2.24, 2.45) is 5.73 Å². The highest BCUT2D eigenvalue weighted by Gasteiger charge is 2.19. The van der Waals surface area contributed by atoms with Gasteiger partial charge in [-0.2, -0.15) is 0 Å². The molecule has 96 valence electrons. The summed E-state index contributed by atoms with van der Waals surface area (Å²) in [4.78, 5) is 1.98. The van der Waals surface area contributed by atoms with Gasteiger partial charge in [0.2, 0.25) is 0 Å². The lowest BCUT2D eigenvalue weighted by Gasteiger charge is -2.27. The fourth-order valence-corrected chi connectivity index (χ4v) is 1.95. The van der Waals surface area contributed by atoms with Crippen molar-refractivity contribution in [3.63, 3.8) is 0 Å². The van der Waals surface area contributed by atoms with Crippen molar-refractivity contribution in [1.82, 2.24) is 0 Å². The average molecular weight is 248 g/mol. The van der Waals surface area contributed by atoms with E-state index in [1.165, 1.54) is 12.1 Å². The van der Waals surface area contributed by atoms with Crippen molar-refractivity contribution in [2.75, 3.05) is 18.5 Å². The smallest absolute Gasteiger partial charge is 0.127 e. The van der Waals surface area contributed by atoms with E-state index in [0.29, 0.717) is 6.54 Å². The highest BCUT2D eigenvalue weighted by molar-refractivity contribution is 5.47. The molecule has 1 aromatic carbocycles. The Morgan fingerprint density at radius 1 is 1.22 bits per heavy atom. The van der Waals surface area contributed by atoms with Gasteiger partial charge in [-0.3, -0.25) is 0 Å². The molecule has 0 saturated carbocycles. The minimum Gasteiger partial charge on any atom is -0.464 e. The number of nitrogens with zero attached hydrogens (tertiary/aromatic N) is 1. The molecule has 0 saturated heterocycles. The Morgan fingerprint density at radius 2 is 1.89 bits per heavy atom. The SMILES string of the molecule is Cc1ccc(C(CN)N(C)c2ccc(F)cc2)o1. The van der Waals surface area contributed by atoms with Gasteiger partial charge in [0.05, 0.1) is 6.04 Å². The van der Waals surface area contributed by atoms with Crippen LogP contribution in [0.2, 0.25) is 0 Å². The molecule has 18 heavy (non-hydrogen) atoms. The zero-order valence-electron chi connectivity index (χ0n) is 10.6. The van der Waals surface area contributed by atoms with Gasteiger partial charge in [0, 0.05) is 19.3 Å². The zero-order chi connectivity index (χ0) is 13.1. The van der Waals surface area contributed by atoms with Crippen LogP contribution in [0.4, 0.5) is 10.1 Å². The van der Waals surface area contributed by atoms with E-state index in [4.69, 9.17) is 10.2 Å². The molecule has 0 radical (unpaired) electrons. The van der Waals surface area contributed by atoms with Gasteiger partial charge in [-0.1, -0.05) is 0 Å². The predicted molar refractivity (Wildman–Crippen MR) is 70.0 cm³/mol. The first-order valence-electron chi connectivity index (χ1n) is 5.86. The molecule has 1 unspecified atom stereocenters. The molecule has 0 fully saturated rings. The third kappa shape index (κ3) is 2.54. The lowest BCUT2D eigenvalue weighted by atomic mass is 10.1. The number of benzene rings is 1. The number of aryl methyl sites for hydroxylation is 1. The summed E-state index contributed by atoms with van der Waals surface area (Å²) >= 11 is 0. The van der Waals surface area contributed by atoms with Gasteiger partial charge >= 0.3 is 0 Å². The maximum absolute atomic E-state index is 12.9. The van der Waals surface area contributed by atoms with Gasteiger partial charge in [-0.15, -0.1) is 0 Å². The fourth-order valence-electron chi connectivity index (χ4n) is 1.95. The second-order valence-electron chi connectivity index (χ2n) is 4.29. The first-order valence-corrected chi connectivity index (χ1v) is 5.86. The molecule has 0 bridgehead atoms. The molecule has 4 heteroatoms. The number of likely N-dealkylation sites (N-methyl/N-ethyl adjacent to an activating group) is 1. The normalized spacial score (nSPS) is 12.4. The molecule has 0 aliphatic carbocycles. The number of halogens is 1. The molecule has 1 atom stereocenters. The minimum absolute atomic E-state index is 0.0517. The van der Waals surface area contributed by atoms with Gasteiger partial charge in [-0.25, -0.2) is 4.39 Å². The summed E-state index contributed by atoms with van der Waals surface area (Å²) in [7, 11) is 1.92. The van der Waals surface area contributed by atoms with Crippen LogP contribution in [-0.4, -0.2) is 13.6 Å². The summed E-state index contributed by atoms with van der Waals surface area (Å²) in [5, 5.41) is 0.